The lowest BCUT2D eigenvalue weighted by Crippen LogP contribution is -2.37. The molecule has 114 valence electrons. The summed E-state index contributed by atoms with van der Waals surface area (Å²) in [6.45, 7) is 0.657. The third kappa shape index (κ3) is 2.67. The highest BCUT2D eigenvalue weighted by molar-refractivity contribution is 5.95. The summed E-state index contributed by atoms with van der Waals surface area (Å²) in [6, 6.07) is 10.5. The molecule has 1 aromatic heterocycles. The summed E-state index contributed by atoms with van der Waals surface area (Å²) in [4.78, 5) is 28.8. The number of H-pyrrole nitrogens is 1. The fourth-order valence-corrected chi connectivity index (χ4v) is 2.93. The van der Waals surface area contributed by atoms with Crippen LogP contribution in [-0.4, -0.2) is 40.1 Å². The number of pyridine rings is 1. The normalized spacial score (nSPS) is 17.7. The molecule has 0 radical (unpaired) electrons. The summed E-state index contributed by atoms with van der Waals surface area (Å²) in [7, 11) is 0. The molecule has 0 unspecified atom stereocenters. The monoisotopic (exact) mass is 298 g/mol. The number of aromatic nitrogens is 1. The van der Waals surface area contributed by atoms with Gasteiger partial charge in [0.25, 0.3) is 11.5 Å². The van der Waals surface area contributed by atoms with Crippen LogP contribution in [0.15, 0.2) is 47.4 Å². The predicted octanol–water partition coefficient (Wildman–Crippen LogP) is 1.64. The van der Waals surface area contributed by atoms with Crippen molar-refractivity contribution in [1.82, 2.24) is 9.88 Å². The third-order valence-corrected chi connectivity index (χ3v) is 4.09. The highest BCUT2D eigenvalue weighted by atomic mass is 16.3. The molecule has 1 aromatic carbocycles. The van der Waals surface area contributed by atoms with E-state index >= 15 is 0 Å². The summed E-state index contributed by atoms with van der Waals surface area (Å²) < 4.78 is 0. The second kappa shape index (κ2) is 6.15. The number of carbonyl (C=O) groups excluding carboxylic acids is 1. The van der Waals surface area contributed by atoms with Crippen molar-refractivity contribution in [1.29, 1.82) is 0 Å². The van der Waals surface area contributed by atoms with Gasteiger partial charge in [0.15, 0.2) is 0 Å². The number of amides is 1. The zero-order valence-electron chi connectivity index (χ0n) is 12.2. The summed E-state index contributed by atoms with van der Waals surface area (Å²) in [5.41, 5.74) is 1.62. The lowest BCUT2D eigenvalue weighted by Gasteiger charge is -2.23. The Morgan fingerprint density at radius 2 is 2.18 bits per heavy atom. The Labute approximate surface area is 128 Å². The van der Waals surface area contributed by atoms with Crippen LogP contribution in [0.3, 0.4) is 0 Å². The first-order valence-corrected chi connectivity index (χ1v) is 7.40. The highest BCUT2D eigenvalue weighted by Crippen LogP contribution is 2.22. The average molecular weight is 298 g/mol. The van der Waals surface area contributed by atoms with E-state index in [1.807, 2.05) is 6.07 Å². The fraction of sp³-hybridized carbons (Fsp3) is 0.294. The minimum Gasteiger partial charge on any atom is -0.394 e. The number of rotatable bonds is 3. The van der Waals surface area contributed by atoms with Crippen LogP contribution in [0.25, 0.3) is 11.1 Å². The Bertz CT molecular complexity index is 738. The molecule has 2 N–H and O–H groups in total. The summed E-state index contributed by atoms with van der Waals surface area (Å²) >= 11 is 0. The van der Waals surface area contributed by atoms with E-state index in [9.17, 15) is 14.7 Å². The molecule has 0 bridgehead atoms. The summed E-state index contributed by atoms with van der Waals surface area (Å²) in [5.74, 6) is -0.0919. The van der Waals surface area contributed by atoms with E-state index < -0.39 is 0 Å². The van der Waals surface area contributed by atoms with E-state index in [1.165, 1.54) is 0 Å². The molecule has 2 heterocycles. The first-order chi connectivity index (χ1) is 10.7. The molecule has 22 heavy (non-hydrogen) atoms. The molecule has 1 amide bonds. The van der Waals surface area contributed by atoms with Crippen LogP contribution in [0.4, 0.5) is 0 Å². The Hall–Kier alpha value is -2.40. The van der Waals surface area contributed by atoms with Gasteiger partial charge in [-0.3, -0.25) is 9.59 Å². The van der Waals surface area contributed by atoms with Crippen molar-refractivity contribution in [2.75, 3.05) is 13.2 Å². The number of carbonyl (C=O) groups is 1. The molecule has 1 aliphatic heterocycles. The Morgan fingerprint density at radius 1 is 1.32 bits per heavy atom. The number of aromatic amines is 1. The minimum absolute atomic E-state index is 0.0101. The van der Waals surface area contributed by atoms with E-state index in [2.05, 4.69) is 4.98 Å². The predicted molar refractivity (Wildman–Crippen MR) is 83.6 cm³/mol. The van der Waals surface area contributed by atoms with Gasteiger partial charge in [0.2, 0.25) is 0 Å². The summed E-state index contributed by atoms with van der Waals surface area (Å²) in [5, 5.41) is 9.36. The van der Waals surface area contributed by atoms with Gasteiger partial charge in [-0.05, 0) is 42.7 Å². The first kappa shape index (κ1) is 14.5. The maximum Gasteiger partial charge on any atom is 0.255 e. The second-order valence-corrected chi connectivity index (χ2v) is 5.47. The van der Waals surface area contributed by atoms with Gasteiger partial charge < -0.3 is 15.0 Å². The Morgan fingerprint density at radius 3 is 2.95 bits per heavy atom. The largest absolute Gasteiger partial charge is 0.394 e. The first-order valence-electron chi connectivity index (χ1n) is 7.40. The molecular weight excluding hydrogens is 280 g/mol. The molecule has 5 nitrogen and oxygen atoms in total. The molecule has 5 heteroatoms. The number of aliphatic hydroxyl groups excluding tert-OH is 1. The molecule has 1 aliphatic rings. The van der Waals surface area contributed by atoms with Crippen molar-refractivity contribution in [2.24, 2.45) is 0 Å². The fourth-order valence-electron chi connectivity index (χ4n) is 2.93. The standard InChI is InChI=1S/C17H18N2O3/c20-11-14-6-3-9-19(14)17(22)13-5-1-4-12(10-13)15-7-2-8-18-16(15)21/h1-2,4-5,7-8,10,14,20H,3,6,9,11H2,(H,18,21)/t14-/m0/s1. The minimum atomic E-state index is -0.179. The van der Waals surface area contributed by atoms with Crippen LogP contribution in [0, 0.1) is 0 Å². The van der Waals surface area contributed by atoms with Crippen LogP contribution >= 0.6 is 0 Å². The Balaban J connectivity index is 1.93. The number of hydrogen-bond donors (Lipinski definition) is 2. The van der Waals surface area contributed by atoms with Crippen molar-refractivity contribution in [3.05, 3.63) is 58.5 Å². The molecule has 0 aliphatic carbocycles. The van der Waals surface area contributed by atoms with Crippen LogP contribution in [0.1, 0.15) is 23.2 Å². The molecule has 0 saturated carbocycles. The quantitative estimate of drug-likeness (QED) is 0.904. The molecular formula is C17H18N2O3. The zero-order valence-corrected chi connectivity index (χ0v) is 12.2. The van der Waals surface area contributed by atoms with Gasteiger partial charge in [-0.15, -0.1) is 0 Å². The highest BCUT2D eigenvalue weighted by Gasteiger charge is 2.28. The molecule has 1 fully saturated rings. The topological polar surface area (TPSA) is 73.4 Å². The molecule has 0 spiro atoms. The maximum absolute atomic E-state index is 12.6. The van der Waals surface area contributed by atoms with Crippen LogP contribution in [0.2, 0.25) is 0 Å². The van der Waals surface area contributed by atoms with Gasteiger partial charge in [0, 0.05) is 23.9 Å². The van der Waals surface area contributed by atoms with Gasteiger partial charge in [0.05, 0.1) is 12.6 Å². The van der Waals surface area contributed by atoms with Crippen LogP contribution < -0.4 is 5.56 Å². The molecule has 1 saturated heterocycles. The summed E-state index contributed by atoms with van der Waals surface area (Å²) in [6.07, 6.45) is 3.33. The zero-order chi connectivity index (χ0) is 15.5. The van der Waals surface area contributed by atoms with E-state index in [0.717, 1.165) is 12.8 Å². The van der Waals surface area contributed by atoms with Gasteiger partial charge in [0.1, 0.15) is 0 Å². The molecule has 2 aromatic rings. The van der Waals surface area contributed by atoms with Crippen LogP contribution in [-0.2, 0) is 0 Å². The number of nitrogens with zero attached hydrogens (tertiary/aromatic N) is 1. The SMILES string of the molecule is O=C(c1cccc(-c2ccc[nH]c2=O)c1)N1CCC[C@H]1CO. The average Bonchev–Trinajstić information content (AvgIpc) is 3.03. The number of benzene rings is 1. The molecule has 3 rings (SSSR count). The van der Waals surface area contributed by atoms with Crippen molar-refractivity contribution >= 4 is 5.91 Å². The number of nitrogens with one attached hydrogen (secondary N) is 1. The number of likely N-dealkylation sites (tertiary alicyclic amines) is 1. The van der Waals surface area contributed by atoms with E-state index in [1.54, 1.807) is 41.4 Å². The van der Waals surface area contributed by atoms with Crippen molar-refractivity contribution in [3.8, 4) is 11.1 Å². The van der Waals surface area contributed by atoms with Gasteiger partial charge in [-0.1, -0.05) is 12.1 Å². The lowest BCUT2D eigenvalue weighted by molar-refractivity contribution is 0.0677. The Kier molecular flexibility index (Phi) is 4.06. The van der Waals surface area contributed by atoms with Crippen molar-refractivity contribution in [3.63, 3.8) is 0 Å². The van der Waals surface area contributed by atoms with Crippen LogP contribution in [0.5, 0.6) is 0 Å². The van der Waals surface area contributed by atoms with E-state index in [-0.39, 0.29) is 24.1 Å². The van der Waals surface area contributed by atoms with E-state index in [0.29, 0.717) is 23.2 Å². The third-order valence-electron chi connectivity index (χ3n) is 4.09. The van der Waals surface area contributed by atoms with Gasteiger partial charge in [-0.25, -0.2) is 0 Å². The van der Waals surface area contributed by atoms with Crippen molar-refractivity contribution < 1.29 is 9.90 Å². The maximum atomic E-state index is 12.6. The van der Waals surface area contributed by atoms with Gasteiger partial charge in [-0.2, -0.15) is 0 Å². The number of aliphatic hydroxyl groups is 1. The smallest absolute Gasteiger partial charge is 0.255 e. The molecule has 1 atom stereocenters. The second-order valence-electron chi connectivity index (χ2n) is 5.47. The lowest BCUT2D eigenvalue weighted by atomic mass is 10.0. The number of hydrogen-bond acceptors (Lipinski definition) is 3. The van der Waals surface area contributed by atoms with E-state index in [4.69, 9.17) is 0 Å². The van der Waals surface area contributed by atoms with Gasteiger partial charge >= 0.3 is 0 Å². The van der Waals surface area contributed by atoms with Crippen molar-refractivity contribution in [2.45, 2.75) is 18.9 Å².